The number of nitrogens with one attached hydrogen (secondary N) is 2. The van der Waals surface area contributed by atoms with E-state index in [0.717, 1.165) is 23.5 Å². The molecule has 2 aromatic carbocycles. The summed E-state index contributed by atoms with van der Waals surface area (Å²) in [6.45, 7) is 0. The molecule has 1 atom stereocenters. The van der Waals surface area contributed by atoms with Gasteiger partial charge in [0.25, 0.3) is 10.0 Å². The van der Waals surface area contributed by atoms with Gasteiger partial charge in [0.05, 0.1) is 10.7 Å². The van der Waals surface area contributed by atoms with Gasteiger partial charge in [-0.15, -0.1) is 11.3 Å². The molecule has 5 nitrogen and oxygen atoms in total. The van der Waals surface area contributed by atoms with Crippen LogP contribution in [0.25, 0.3) is 0 Å². The van der Waals surface area contributed by atoms with Crippen molar-refractivity contribution in [2.24, 2.45) is 0 Å². The number of thiazole rings is 1. The van der Waals surface area contributed by atoms with Gasteiger partial charge in [0.15, 0.2) is 11.2 Å². The Morgan fingerprint density at radius 3 is 2.40 bits per heavy atom. The third kappa shape index (κ3) is 4.82. The Morgan fingerprint density at radius 1 is 1.10 bits per heavy atom. The highest BCUT2D eigenvalue weighted by Gasteiger charge is 2.42. The van der Waals surface area contributed by atoms with Crippen molar-refractivity contribution in [3.05, 3.63) is 70.2 Å². The van der Waals surface area contributed by atoms with Crippen molar-refractivity contribution >= 4 is 43.8 Å². The number of nitrogens with zero attached hydrogens (tertiary/aromatic N) is 1. The molecule has 3 rings (SSSR count). The zero-order valence-corrected chi connectivity index (χ0v) is 16.9. The van der Waals surface area contributed by atoms with Crippen LogP contribution in [0.4, 0.5) is 32.8 Å². The van der Waals surface area contributed by atoms with Crippen molar-refractivity contribution < 1.29 is 30.4 Å². The highest BCUT2D eigenvalue weighted by atomic mass is 35.5. The second-order valence-electron chi connectivity index (χ2n) is 5.85. The van der Waals surface area contributed by atoms with Crippen LogP contribution in [0.3, 0.4) is 0 Å². The van der Waals surface area contributed by atoms with E-state index < -0.39 is 55.0 Å². The first kappa shape index (κ1) is 22.2. The van der Waals surface area contributed by atoms with Crippen LogP contribution in [0, 0.1) is 11.6 Å². The third-order valence-electron chi connectivity index (χ3n) is 3.81. The molecule has 0 bridgehead atoms. The molecular weight excluding hydrogens is 473 g/mol. The largest absolute Gasteiger partial charge is 0.412 e. The first-order valence-corrected chi connectivity index (χ1v) is 10.7. The van der Waals surface area contributed by atoms with Crippen molar-refractivity contribution in [3.8, 4) is 0 Å². The lowest BCUT2D eigenvalue weighted by atomic mass is 10.1. The van der Waals surface area contributed by atoms with Crippen LogP contribution < -0.4 is 10.0 Å². The van der Waals surface area contributed by atoms with E-state index in [1.807, 2.05) is 10.0 Å². The molecule has 1 heterocycles. The Bertz CT molecular complexity index is 1150. The number of hydrogen-bond acceptors (Lipinski definition) is 5. The predicted octanol–water partition coefficient (Wildman–Crippen LogP) is 5.59. The van der Waals surface area contributed by atoms with Crippen LogP contribution in [0.2, 0.25) is 5.02 Å². The molecule has 0 fully saturated rings. The summed E-state index contributed by atoms with van der Waals surface area (Å²) >= 11 is 6.85. The van der Waals surface area contributed by atoms with Crippen molar-refractivity contribution in [2.45, 2.75) is 17.1 Å². The first-order valence-electron chi connectivity index (χ1n) is 7.98. The Kier molecular flexibility index (Phi) is 6.20. The van der Waals surface area contributed by atoms with Gasteiger partial charge in [-0.1, -0.05) is 29.8 Å². The van der Waals surface area contributed by atoms with Crippen LogP contribution in [0.15, 0.2) is 52.9 Å². The van der Waals surface area contributed by atoms with Gasteiger partial charge in [-0.25, -0.2) is 22.2 Å². The Balaban J connectivity index is 1.97. The number of alkyl halides is 3. The van der Waals surface area contributed by atoms with Gasteiger partial charge in [-0.2, -0.15) is 13.2 Å². The van der Waals surface area contributed by atoms with Crippen LogP contribution in [0.1, 0.15) is 11.6 Å². The SMILES string of the molecule is O=S(=O)(Nc1nccs1)c1cc(Cl)c(N[C@H](c2ccccc2F)C(F)(F)F)cc1F. The summed E-state index contributed by atoms with van der Waals surface area (Å²) < 4.78 is 95.6. The maximum atomic E-state index is 14.5. The van der Waals surface area contributed by atoms with E-state index in [4.69, 9.17) is 11.6 Å². The number of hydrogen-bond donors (Lipinski definition) is 2. The minimum Gasteiger partial charge on any atom is -0.369 e. The molecule has 0 aliphatic rings. The maximum absolute atomic E-state index is 14.5. The quantitative estimate of drug-likeness (QED) is 0.448. The molecule has 2 N–H and O–H groups in total. The van der Waals surface area contributed by atoms with Crippen LogP contribution in [-0.2, 0) is 10.0 Å². The van der Waals surface area contributed by atoms with Gasteiger partial charge < -0.3 is 5.32 Å². The number of benzene rings is 2. The fourth-order valence-electron chi connectivity index (χ4n) is 2.49. The number of sulfonamides is 1. The normalized spacial score (nSPS) is 13.1. The molecule has 0 spiro atoms. The van der Waals surface area contributed by atoms with Gasteiger partial charge in [0.2, 0.25) is 0 Å². The Labute approximate surface area is 176 Å². The fraction of sp³-hybridized carbons (Fsp3) is 0.118. The summed E-state index contributed by atoms with van der Waals surface area (Å²) in [6, 6.07) is 2.79. The van der Waals surface area contributed by atoms with Crippen molar-refractivity contribution in [2.75, 3.05) is 10.0 Å². The lowest BCUT2D eigenvalue weighted by molar-refractivity contribution is -0.144. The number of aromatic nitrogens is 1. The average molecular weight is 484 g/mol. The molecule has 1 aromatic heterocycles. The molecule has 0 unspecified atom stereocenters. The molecule has 0 amide bonds. The monoisotopic (exact) mass is 483 g/mol. The van der Waals surface area contributed by atoms with Crippen molar-refractivity contribution in [3.63, 3.8) is 0 Å². The van der Waals surface area contributed by atoms with E-state index in [2.05, 4.69) is 4.98 Å². The average Bonchev–Trinajstić information content (AvgIpc) is 3.14. The summed E-state index contributed by atoms with van der Waals surface area (Å²) in [7, 11) is -4.44. The van der Waals surface area contributed by atoms with E-state index in [1.54, 1.807) is 0 Å². The van der Waals surface area contributed by atoms with Gasteiger partial charge >= 0.3 is 6.18 Å². The predicted molar refractivity (Wildman–Crippen MR) is 103 cm³/mol. The van der Waals surface area contributed by atoms with Crippen molar-refractivity contribution in [1.29, 1.82) is 0 Å². The van der Waals surface area contributed by atoms with E-state index in [-0.39, 0.29) is 5.13 Å². The minimum absolute atomic E-state index is 0.0376. The molecule has 0 radical (unpaired) electrons. The standard InChI is InChI=1S/C17H11ClF5N3O2S2/c18-10-7-14(30(27,28)26-16-24-5-6-29-16)12(20)8-13(10)25-15(17(21,22)23)9-3-1-2-4-11(9)19/h1-8,15,25H,(H,24,26)/t15-/m1/s1. The number of halogens is 6. The Hall–Kier alpha value is -2.44. The summed E-state index contributed by atoms with van der Waals surface area (Å²) in [5.74, 6) is -2.49. The lowest BCUT2D eigenvalue weighted by Crippen LogP contribution is -2.29. The van der Waals surface area contributed by atoms with E-state index in [0.29, 0.717) is 12.1 Å². The molecule has 3 aromatic rings. The molecular formula is C17H11ClF5N3O2S2. The lowest BCUT2D eigenvalue weighted by Gasteiger charge is -2.24. The Morgan fingerprint density at radius 2 is 1.80 bits per heavy atom. The molecule has 13 heteroatoms. The molecule has 30 heavy (non-hydrogen) atoms. The second-order valence-corrected chi connectivity index (χ2v) is 8.80. The molecule has 160 valence electrons. The molecule has 0 saturated carbocycles. The first-order chi connectivity index (χ1) is 14.0. The molecule has 0 aliphatic carbocycles. The highest BCUT2D eigenvalue weighted by Crippen LogP contribution is 2.39. The summed E-state index contributed by atoms with van der Waals surface area (Å²) in [4.78, 5) is 2.82. The fourth-order valence-corrected chi connectivity index (χ4v) is 4.65. The zero-order valence-electron chi connectivity index (χ0n) is 14.5. The van der Waals surface area contributed by atoms with Crippen molar-refractivity contribution in [1.82, 2.24) is 4.98 Å². The molecule has 0 aliphatic heterocycles. The van der Waals surface area contributed by atoms with Crippen LogP contribution >= 0.6 is 22.9 Å². The zero-order chi connectivity index (χ0) is 22.1. The van der Waals surface area contributed by atoms with E-state index in [1.165, 1.54) is 23.7 Å². The van der Waals surface area contributed by atoms with Crippen LogP contribution in [-0.4, -0.2) is 19.6 Å². The minimum atomic E-state index is -4.96. The van der Waals surface area contributed by atoms with E-state index >= 15 is 0 Å². The van der Waals surface area contributed by atoms with E-state index in [9.17, 15) is 30.4 Å². The summed E-state index contributed by atoms with van der Waals surface area (Å²) in [5, 5.41) is 2.88. The van der Waals surface area contributed by atoms with Gasteiger partial charge in [0.1, 0.15) is 16.5 Å². The summed E-state index contributed by atoms with van der Waals surface area (Å²) in [5.41, 5.74) is -1.29. The third-order valence-corrected chi connectivity index (χ3v) is 6.29. The summed E-state index contributed by atoms with van der Waals surface area (Å²) in [6.07, 6.45) is -3.64. The van der Waals surface area contributed by atoms with Crippen LogP contribution in [0.5, 0.6) is 0 Å². The number of rotatable bonds is 6. The van der Waals surface area contributed by atoms with Gasteiger partial charge in [0, 0.05) is 17.1 Å². The van der Waals surface area contributed by atoms with Gasteiger partial charge in [-0.3, -0.25) is 4.72 Å². The topological polar surface area (TPSA) is 71.1 Å². The van der Waals surface area contributed by atoms with Gasteiger partial charge in [-0.05, 0) is 18.2 Å². The maximum Gasteiger partial charge on any atom is 0.412 e. The molecule has 0 saturated heterocycles. The number of anilines is 2. The smallest absolute Gasteiger partial charge is 0.369 e. The highest BCUT2D eigenvalue weighted by molar-refractivity contribution is 7.93. The second kappa shape index (κ2) is 8.36.